The van der Waals surface area contributed by atoms with Gasteiger partial charge in [0.05, 0.1) is 0 Å². The van der Waals surface area contributed by atoms with Crippen LogP contribution in [-0.2, 0) is 9.53 Å². The fraction of sp³-hybridized carbons (Fsp3) is 0.800. The number of alkyl carbamates (subject to hydrolysis) is 1. The third kappa shape index (κ3) is 8.98. The number of ether oxygens (including phenoxy) is 1. The number of hydrogen-bond donors (Lipinski definition) is 1. The Morgan fingerprint density at radius 3 is 2.45 bits per heavy atom. The van der Waals surface area contributed by atoms with Crippen LogP contribution < -0.4 is 34.9 Å². The quantitative estimate of drug-likeness (QED) is 0.449. The zero-order valence-electron chi connectivity index (χ0n) is 13.3. The Morgan fingerprint density at radius 1 is 1.35 bits per heavy atom. The number of amides is 1. The average molecular weight is 291 g/mol. The van der Waals surface area contributed by atoms with E-state index in [1.807, 2.05) is 20.8 Å². The Balaban J connectivity index is 0.00000361. The summed E-state index contributed by atoms with van der Waals surface area (Å²) in [6, 6.07) is -0.213. The number of carbonyl (C=O) groups is 2. The van der Waals surface area contributed by atoms with Crippen molar-refractivity contribution in [3.63, 3.8) is 0 Å². The summed E-state index contributed by atoms with van der Waals surface area (Å²) in [5.41, 5.74) is -0.513. The predicted octanol–water partition coefficient (Wildman–Crippen LogP) is 0.257. The second kappa shape index (κ2) is 9.80. The fourth-order valence-corrected chi connectivity index (χ4v) is 2.40. The maximum absolute atomic E-state index is 11.7. The third-order valence-corrected chi connectivity index (χ3v) is 3.21. The van der Waals surface area contributed by atoms with Crippen molar-refractivity contribution in [2.24, 2.45) is 5.92 Å². The molecule has 5 heteroatoms. The van der Waals surface area contributed by atoms with Crippen molar-refractivity contribution in [1.29, 1.82) is 0 Å². The zero-order valence-corrected chi connectivity index (χ0v) is 15.3. The maximum atomic E-state index is 11.7. The van der Waals surface area contributed by atoms with Crippen LogP contribution in [0.25, 0.3) is 0 Å². The molecule has 0 spiro atoms. The van der Waals surface area contributed by atoms with Gasteiger partial charge in [-0.1, -0.05) is 38.1 Å². The SMILES string of the molecule is CC(C)(C)OC(=O)NC([CH-]C1CCCCC1)CC=O.[Na+]. The Hall–Kier alpha value is -0.0600. The average Bonchev–Trinajstić information content (AvgIpc) is 2.27. The molecule has 1 amide bonds. The molecule has 1 fully saturated rings. The number of rotatable bonds is 5. The van der Waals surface area contributed by atoms with Gasteiger partial charge < -0.3 is 21.3 Å². The van der Waals surface area contributed by atoms with Crippen molar-refractivity contribution in [1.82, 2.24) is 5.32 Å². The monoisotopic (exact) mass is 291 g/mol. The number of carbonyl (C=O) groups excluding carboxylic acids is 2. The molecule has 0 aromatic heterocycles. The van der Waals surface area contributed by atoms with Crippen LogP contribution in [0.1, 0.15) is 59.3 Å². The van der Waals surface area contributed by atoms with E-state index in [1.165, 1.54) is 19.3 Å². The van der Waals surface area contributed by atoms with Gasteiger partial charge in [0.25, 0.3) is 0 Å². The summed E-state index contributed by atoms with van der Waals surface area (Å²) in [7, 11) is 0. The first-order chi connectivity index (χ1) is 8.90. The van der Waals surface area contributed by atoms with Crippen LogP contribution in [0, 0.1) is 12.3 Å². The summed E-state index contributed by atoms with van der Waals surface area (Å²) in [6.45, 7) is 5.48. The van der Waals surface area contributed by atoms with Crippen LogP contribution in [0.15, 0.2) is 0 Å². The molecule has 0 bridgehead atoms. The minimum absolute atomic E-state index is 0. The molecular formula is C15H26NNaO3. The molecule has 1 aliphatic carbocycles. The molecule has 0 heterocycles. The molecule has 20 heavy (non-hydrogen) atoms. The first-order valence-electron chi connectivity index (χ1n) is 7.19. The standard InChI is InChI=1S/C15H26NO3.Na/c1-15(2,3)19-14(18)16-13(9-10-17)11-12-7-5-4-6-8-12;/h10-13H,4-9H2,1-3H3,(H,16,18);/q-1;+1. The van der Waals surface area contributed by atoms with Crippen molar-refractivity contribution in [2.45, 2.75) is 70.9 Å². The normalized spacial score (nSPS) is 17.8. The van der Waals surface area contributed by atoms with Crippen molar-refractivity contribution in [3.8, 4) is 0 Å². The van der Waals surface area contributed by atoms with Crippen molar-refractivity contribution < 1.29 is 43.9 Å². The van der Waals surface area contributed by atoms with E-state index in [0.717, 1.165) is 19.1 Å². The summed E-state index contributed by atoms with van der Waals surface area (Å²) in [5, 5.41) is 2.77. The van der Waals surface area contributed by atoms with Crippen molar-refractivity contribution >= 4 is 12.4 Å². The van der Waals surface area contributed by atoms with Gasteiger partial charge in [0.2, 0.25) is 0 Å². The van der Waals surface area contributed by atoms with Crippen LogP contribution in [-0.4, -0.2) is 24.0 Å². The molecule has 0 radical (unpaired) electrons. The van der Waals surface area contributed by atoms with E-state index in [2.05, 4.69) is 11.7 Å². The molecule has 1 aliphatic rings. The van der Waals surface area contributed by atoms with E-state index < -0.39 is 11.7 Å². The van der Waals surface area contributed by atoms with Gasteiger partial charge in [-0.15, -0.1) is 0 Å². The van der Waals surface area contributed by atoms with Gasteiger partial charge in [-0.3, -0.25) is 0 Å². The van der Waals surface area contributed by atoms with Gasteiger partial charge in [0, 0.05) is 0 Å². The molecule has 0 aliphatic heterocycles. The van der Waals surface area contributed by atoms with Gasteiger partial charge >= 0.3 is 35.7 Å². The van der Waals surface area contributed by atoms with Crippen molar-refractivity contribution in [3.05, 3.63) is 6.42 Å². The van der Waals surface area contributed by atoms with Gasteiger partial charge in [-0.2, -0.15) is 5.92 Å². The van der Waals surface area contributed by atoms with Crippen LogP contribution >= 0.6 is 0 Å². The Morgan fingerprint density at radius 2 is 1.95 bits per heavy atom. The predicted molar refractivity (Wildman–Crippen MR) is 74.7 cm³/mol. The third-order valence-electron chi connectivity index (χ3n) is 3.21. The van der Waals surface area contributed by atoms with Crippen LogP contribution in [0.3, 0.4) is 0 Å². The first-order valence-corrected chi connectivity index (χ1v) is 7.19. The van der Waals surface area contributed by atoms with Gasteiger partial charge in [0.1, 0.15) is 11.9 Å². The maximum Gasteiger partial charge on any atom is 1.00 e. The molecule has 1 saturated carbocycles. The molecule has 110 valence electrons. The zero-order chi connectivity index (χ0) is 14.3. The molecular weight excluding hydrogens is 265 g/mol. The van der Waals surface area contributed by atoms with Crippen molar-refractivity contribution in [2.75, 3.05) is 0 Å². The minimum Gasteiger partial charge on any atom is -0.444 e. The fourth-order valence-electron chi connectivity index (χ4n) is 2.40. The molecule has 1 rings (SSSR count). The molecule has 4 nitrogen and oxygen atoms in total. The van der Waals surface area contributed by atoms with E-state index in [4.69, 9.17) is 4.74 Å². The first kappa shape index (κ1) is 19.9. The van der Waals surface area contributed by atoms with E-state index in [-0.39, 0.29) is 35.6 Å². The van der Waals surface area contributed by atoms with E-state index in [1.54, 1.807) is 0 Å². The van der Waals surface area contributed by atoms with Crippen LogP contribution in [0.2, 0.25) is 0 Å². The summed E-state index contributed by atoms with van der Waals surface area (Å²) in [4.78, 5) is 22.4. The largest absolute Gasteiger partial charge is 1.00 e. The Labute approximate surface area is 144 Å². The second-order valence-corrected chi connectivity index (χ2v) is 6.25. The molecule has 0 aromatic rings. The van der Waals surface area contributed by atoms with Gasteiger partial charge in [-0.05, 0) is 27.2 Å². The molecule has 1 atom stereocenters. The van der Waals surface area contributed by atoms with E-state index in [0.29, 0.717) is 12.3 Å². The summed E-state index contributed by atoms with van der Waals surface area (Å²) < 4.78 is 5.22. The van der Waals surface area contributed by atoms with Gasteiger partial charge in [0.15, 0.2) is 0 Å². The summed E-state index contributed by atoms with van der Waals surface area (Å²) in [5.74, 6) is 0.508. The number of hydrogen-bond acceptors (Lipinski definition) is 3. The van der Waals surface area contributed by atoms with E-state index >= 15 is 0 Å². The molecule has 1 unspecified atom stereocenters. The van der Waals surface area contributed by atoms with E-state index in [9.17, 15) is 9.59 Å². The number of nitrogens with one attached hydrogen (secondary N) is 1. The molecule has 1 N–H and O–H groups in total. The molecule has 0 aromatic carbocycles. The van der Waals surface area contributed by atoms with Crippen LogP contribution in [0.5, 0.6) is 0 Å². The summed E-state index contributed by atoms with van der Waals surface area (Å²) >= 11 is 0. The smallest absolute Gasteiger partial charge is 0.444 e. The molecule has 0 saturated heterocycles. The second-order valence-electron chi connectivity index (χ2n) is 6.25. The minimum atomic E-state index is -0.513. The number of aldehydes is 1. The Bertz CT molecular complexity index is 296. The Kier molecular flexibility index (Phi) is 9.77. The summed E-state index contributed by atoms with van der Waals surface area (Å²) in [6.07, 6.45) is 8.91. The van der Waals surface area contributed by atoms with Crippen LogP contribution in [0.4, 0.5) is 4.79 Å². The van der Waals surface area contributed by atoms with Gasteiger partial charge in [-0.25, -0.2) is 4.79 Å². The topological polar surface area (TPSA) is 55.4 Å².